The van der Waals surface area contributed by atoms with Crippen molar-refractivity contribution < 1.29 is 21.6 Å². The molecule has 8 heteroatoms. The van der Waals surface area contributed by atoms with E-state index in [4.69, 9.17) is 4.74 Å². The Morgan fingerprint density at radius 2 is 1.24 bits per heavy atom. The van der Waals surface area contributed by atoms with Crippen LogP contribution in [0.5, 0.6) is 0 Å². The van der Waals surface area contributed by atoms with Gasteiger partial charge in [0.15, 0.2) is 0 Å². The minimum absolute atomic E-state index is 0.0172. The van der Waals surface area contributed by atoms with Crippen molar-refractivity contribution in [1.29, 1.82) is 0 Å². The molecular weight excluding hydrogens is 523 g/mol. The van der Waals surface area contributed by atoms with Crippen LogP contribution < -0.4 is 4.46 Å². The Morgan fingerprint density at radius 1 is 0.758 bits per heavy atom. The standard InChI is InChI=1S/C25H26O5S2Se/c26-31(27,22-10-4-1-5-11-22)25(32(28,29)23-12-6-2-7-13-23)17-20-16-21(30-18-20)19-33-24-14-8-3-9-15-24/h1-15,20-21,25H,16-19H2/t20-,21?/m1/s1. The monoisotopic (exact) mass is 550 g/mol. The molecule has 0 aliphatic carbocycles. The fourth-order valence-electron chi connectivity index (χ4n) is 3.98. The topological polar surface area (TPSA) is 77.5 Å². The van der Waals surface area contributed by atoms with E-state index in [0.29, 0.717) is 13.0 Å². The quantitative estimate of drug-likeness (QED) is 0.382. The molecule has 0 radical (unpaired) electrons. The number of benzene rings is 3. The second kappa shape index (κ2) is 10.5. The average Bonchev–Trinajstić information content (AvgIpc) is 3.30. The Kier molecular flexibility index (Phi) is 7.72. The Labute approximate surface area is 202 Å². The Hall–Kier alpha value is -1.96. The van der Waals surface area contributed by atoms with Crippen LogP contribution in [-0.2, 0) is 24.4 Å². The van der Waals surface area contributed by atoms with Gasteiger partial charge in [-0.1, -0.05) is 0 Å². The van der Waals surface area contributed by atoms with Gasteiger partial charge in [-0.25, -0.2) is 0 Å². The van der Waals surface area contributed by atoms with Crippen molar-refractivity contribution in [3.05, 3.63) is 91.0 Å². The summed E-state index contributed by atoms with van der Waals surface area (Å²) in [6, 6.07) is 25.9. The zero-order chi connectivity index (χ0) is 23.3. The van der Waals surface area contributed by atoms with E-state index in [2.05, 4.69) is 12.1 Å². The maximum atomic E-state index is 13.5. The molecule has 3 aromatic carbocycles. The maximum absolute atomic E-state index is 13.5. The molecule has 3 aromatic rings. The summed E-state index contributed by atoms with van der Waals surface area (Å²) in [5, 5.41) is 0.884. The predicted molar refractivity (Wildman–Crippen MR) is 130 cm³/mol. The Morgan fingerprint density at radius 3 is 1.76 bits per heavy atom. The molecule has 0 bridgehead atoms. The summed E-state index contributed by atoms with van der Waals surface area (Å²) in [5.74, 6) is -0.136. The van der Waals surface area contributed by atoms with E-state index in [9.17, 15) is 16.8 Å². The molecular formula is C25H26O5S2Se. The average molecular weight is 550 g/mol. The molecule has 174 valence electrons. The first kappa shape index (κ1) is 24.2. The molecule has 1 heterocycles. The van der Waals surface area contributed by atoms with Gasteiger partial charge in [0.25, 0.3) is 0 Å². The summed E-state index contributed by atoms with van der Waals surface area (Å²) < 4.78 is 59.7. The number of hydrogen-bond acceptors (Lipinski definition) is 5. The van der Waals surface area contributed by atoms with Gasteiger partial charge in [0, 0.05) is 0 Å². The summed E-state index contributed by atoms with van der Waals surface area (Å²) >= 11 is 0.256. The molecule has 0 spiro atoms. The first-order valence-electron chi connectivity index (χ1n) is 10.7. The van der Waals surface area contributed by atoms with Crippen LogP contribution in [-0.4, -0.2) is 49.1 Å². The molecule has 0 amide bonds. The van der Waals surface area contributed by atoms with Crippen molar-refractivity contribution in [3.8, 4) is 0 Å². The zero-order valence-electron chi connectivity index (χ0n) is 18.0. The Balaban J connectivity index is 1.55. The molecule has 2 atom stereocenters. The van der Waals surface area contributed by atoms with Crippen molar-refractivity contribution in [2.45, 2.75) is 38.6 Å². The third-order valence-electron chi connectivity index (χ3n) is 5.70. The van der Waals surface area contributed by atoms with Gasteiger partial charge in [-0.3, -0.25) is 0 Å². The third kappa shape index (κ3) is 5.76. The third-order valence-corrected chi connectivity index (χ3v) is 13.3. The normalized spacial score (nSPS) is 19.1. The van der Waals surface area contributed by atoms with Crippen LogP contribution in [0.4, 0.5) is 0 Å². The van der Waals surface area contributed by atoms with E-state index in [1.165, 1.54) is 28.7 Å². The van der Waals surface area contributed by atoms with Gasteiger partial charge in [-0.05, 0) is 0 Å². The first-order valence-corrected chi connectivity index (χ1v) is 15.9. The zero-order valence-corrected chi connectivity index (χ0v) is 21.3. The summed E-state index contributed by atoms with van der Waals surface area (Å²) in [6.07, 6.45) is 0.706. The van der Waals surface area contributed by atoms with Crippen molar-refractivity contribution in [2.75, 3.05) is 6.61 Å². The van der Waals surface area contributed by atoms with Crippen molar-refractivity contribution >= 4 is 39.1 Å². The number of sulfone groups is 2. The van der Waals surface area contributed by atoms with Crippen LogP contribution in [0.1, 0.15) is 12.8 Å². The SMILES string of the molecule is O=S(=O)(c1ccccc1)C(C[C@@H]1COC(C[Se]c2ccccc2)C1)S(=O)(=O)c1ccccc1. The molecule has 4 rings (SSSR count). The molecule has 0 saturated carbocycles. The number of rotatable bonds is 9. The van der Waals surface area contributed by atoms with Gasteiger partial charge in [0.05, 0.1) is 0 Å². The summed E-state index contributed by atoms with van der Waals surface area (Å²) in [4.78, 5) is 0.0507. The van der Waals surface area contributed by atoms with E-state index in [1.807, 2.05) is 18.2 Å². The van der Waals surface area contributed by atoms with Gasteiger partial charge in [0.2, 0.25) is 0 Å². The fraction of sp³-hybridized carbons (Fsp3) is 0.280. The fourth-order valence-corrected chi connectivity index (χ4v) is 10.7. The molecule has 0 N–H and O–H groups in total. The van der Waals surface area contributed by atoms with Crippen LogP contribution in [0.3, 0.4) is 0 Å². The molecule has 33 heavy (non-hydrogen) atoms. The van der Waals surface area contributed by atoms with E-state index in [1.54, 1.807) is 36.4 Å². The summed E-state index contributed by atoms with van der Waals surface area (Å²) in [5.41, 5.74) is 0. The molecule has 1 unspecified atom stereocenters. The predicted octanol–water partition coefficient (Wildman–Crippen LogP) is 3.50. The van der Waals surface area contributed by atoms with Crippen LogP contribution in [0.2, 0.25) is 5.32 Å². The summed E-state index contributed by atoms with van der Waals surface area (Å²) in [7, 11) is -8.21. The van der Waals surface area contributed by atoms with Gasteiger partial charge in [-0.15, -0.1) is 0 Å². The molecule has 0 aromatic heterocycles. The van der Waals surface area contributed by atoms with E-state index in [0.717, 1.165) is 5.32 Å². The molecule has 5 nitrogen and oxygen atoms in total. The Bertz CT molecular complexity index is 1180. The van der Waals surface area contributed by atoms with Crippen LogP contribution in [0.25, 0.3) is 0 Å². The van der Waals surface area contributed by atoms with Gasteiger partial charge >= 0.3 is 203 Å². The molecule has 1 saturated heterocycles. The van der Waals surface area contributed by atoms with Crippen LogP contribution in [0.15, 0.2) is 101 Å². The molecule has 1 fully saturated rings. The van der Waals surface area contributed by atoms with E-state index in [-0.39, 0.29) is 43.2 Å². The number of ether oxygens (including phenoxy) is 1. The van der Waals surface area contributed by atoms with Gasteiger partial charge in [-0.2, -0.15) is 0 Å². The van der Waals surface area contributed by atoms with Gasteiger partial charge < -0.3 is 0 Å². The minimum atomic E-state index is -4.11. The molecule has 1 aliphatic rings. The van der Waals surface area contributed by atoms with Crippen molar-refractivity contribution in [1.82, 2.24) is 0 Å². The van der Waals surface area contributed by atoms with E-state index >= 15 is 0 Å². The first-order chi connectivity index (χ1) is 15.9. The second-order valence-electron chi connectivity index (χ2n) is 8.06. The van der Waals surface area contributed by atoms with Gasteiger partial charge in [0.1, 0.15) is 0 Å². The number of hydrogen-bond donors (Lipinski definition) is 0. The van der Waals surface area contributed by atoms with Crippen LogP contribution >= 0.6 is 0 Å². The van der Waals surface area contributed by atoms with E-state index < -0.39 is 24.3 Å². The van der Waals surface area contributed by atoms with Crippen molar-refractivity contribution in [2.24, 2.45) is 5.92 Å². The van der Waals surface area contributed by atoms with Crippen LogP contribution in [0, 0.1) is 5.92 Å². The second-order valence-corrected chi connectivity index (χ2v) is 14.9. The molecule has 1 aliphatic heterocycles. The van der Waals surface area contributed by atoms with Crippen molar-refractivity contribution in [3.63, 3.8) is 0 Å². The summed E-state index contributed by atoms with van der Waals surface area (Å²) in [6.45, 7) is 0.376.